The Morgan fingerprint density at radius 2 is 2.50 bits per heavy atom. The minimum absolute atomic E-state index is 0.118. The number of carbonyl (C=O) groups is 1. The maximum atomic E-state index is 10.7. The monoisotopic (exact) mass is 224 g/mol. The quantitative estimate of drug-likeness (QED) is 0.735. The summed E-state index contributed by atoms with van der Waals surface area (Å²) in [5, 5.41) is 7.35. The predicted octanol–water partition coefficient (Wildman–Crippen LogP) is -0.0423. The highest BCUT2D eigenvalue weighted by molar-refractivity contribution is 5.73. The van der Waals surface area contributed by atoms with E-state index < -0.39 is 5.91 Å². The largest absolute Gasteiger partial charge is 0.381 e. The highest BCUT2D eigenvalue weighted by atomic mass is 16.5. The van der Waals surface area contributed by atoms with E-state index in [4.69, 9.17) is 10.5 Å². The van der Waals surface area contributed by atoms with Crippen molar-refractivity contribution in [2.24, 2.45) is 5.73 Å². The topological polar surface area (TPSA) is 82.2 Å². The first kappa shape index (κ1) is 10.9. The molecule has 0 saturated heterocycles. The van der Waals surface area contributed by atoms with Crippen LogP contribution in [0.5, 0.6) is 0 Å². The van der Waals surface area contributed by atoms with E-state index in [0.717, 1.165) is 18.5 Å². The molecule has 1 fully saturated rings. The van der Waals surface area contributed by atoms with E-state index in [-0.39, 0.29) is 6.54 Å². The predicted molar refractivity (Wildman–Crippen MR) is 58.9 cm³/mol. The smallest absolute Gasteiger partial charge is 0.239 e. The molecule has 0 atom stereocenters. The number of aromatic nitrogens is 2. The van der Waals surface area contributed by atoms with Crippen LogP contribution in [0.3, 0.4) is 0 Å². The number of anilines is 1. The zero-order chi connectivity index (χ0) is 11.5. The molecule has 0 radical (unpaired) electrons. The number of hydrogen-bond donors (Lipinski definition) is 2. The Hall–Kier alpha value is -1.56. The Balaban J connectivity index is 1.82. The molecular weight excluding hydrogens is 208 g/mol. The average molecular weight is 224 g/mol. The summed E-state index contributed by atoms with van der Waals surface area (Å²) in [6.07, 6.45) is 5.88. The molecule has 1 aliphatic carbocycles. The fraction of sp³-hybridized carbons (Fsp3) is 0.600. The summed E-state index contributed by atoms with van der Waals surface area (Å²) in [7, 11) is 1.73. The van der Waals surface area contributed by atoms with E-state index in [1.165, 1.54) is 4.68 Å². The Morgan fingerprint density at radius 3 is 3.12 bits per heavy atom. The van der Waals surface area contributed by atoms with Crippen LogP contribution in [0, 0.1) is 0 Å². The van der Waals surface area contributed by atoms with E-state index in [0.29, 0.717) is 12.1 Å². The highest BCUT2D eigenvalue weighted by Gasteiger charge is 2.28. The van der Waals surface area contributed by atoms with E-state index in [2.05, 4.69) is 10.4 Å². The number of primary amides is 1. The number of hydrogen-bond acceptors (Lipinski definition) is 4. The maximum Gasteiger partial charge on any atom is 0.239 e. The zero-order valence-corrected chi connectivity index (χ0v) is 9.22. The van der Waals surface area contributed by atoms with Gasteiger partial charge in [0.15, 0.2) is 0 Å². The van der Waals surface area contributed by atoms with Gasteiger partial charge in [-0.05, 0) is 12.8 Å². The van der Waals surface area contributed by atoms with Crippen molar-refractivity contribution in [3.8, 4) is 0 Å². The second kappa shape index (κ2) is 4.52. The lowest BCUT2D eigenvalue weighted by Gasteiger charge is -2.34. The Labute approximate surface area is 93.8 Å². The normalized spacial score (nSPS) is 23.8. The Bertz CT molecular complexity index is 371. The van der Waals surface area contributed by atoms with Gasteiger partial charge in [0.25, 0.3) is 0 Å². The fourth-order valence-electron chi connectivity index (χ4n) is 1.80. The van der Waals surface area contributed by atoms with Gasteiger partial charge in [-0.25, -0.2) is 0 Å². The van der Waals surface area contributed by atoms with Crippen molar-refractivity contribution in [3.05, 3.63) is 12.4 Å². The van der Waals surface area contributed by atoms with Gasteiger partial charge in [0.1, 0.15) is 6.54 Å². The van der Waals surface area contributed by atoms with Crippen LogP contribution in [-0.2, 0) is 16.1 Å². The summed E-state index contributed by atoms with van der Waals surface area (Å²) in [4.78, 5) is 10.7. The van der Waals surface area contributed by atoms with Crippen molar-refractivity contribution in [2.75, 3.05) is 12.4 Å². The van der Waals surface area contributed by atoms with E-state index in [1.807, 2.05) is 0 Å². The fourth-order valence-corrected chi connectivity index (χ4v) is 1.80. The Kier molecular flexibility index (Phi) is 3.09. The molecule has 1 amide bonds. The molecule has 6 nitrogen and oxygen atoms in total. The van der Waals surface area contributed by atoms with Gasteiger partial charge in [-0.3, -0.25) is 9.48 Å². The summed E-state index contributed by atoms with van der Waals surface area (Å²) in [6, 6.07) is 0.441. The van der Waals surface area contributed by atoms with Crippen LogP contribution in [0.15, 0.2) is 12.4 Å². The van der Waals surface area contributed by atoms with Crippen LogP contribution < -0.4 is 11.1 Å². The van der Waals surface area contributed by atoms with Crippen LogP contribution in [0.25, 0.3) is 0 Å². The summed E-state index contributed by atoms with van der Waals surface area (Å²) in [5.41, 5.74) is 5.99. The van der Waals surface area contributed by atoms with Crippen molar-refractivity contribution in [3.63, 3.8) is 0 Å². The SMILES string of the molecule is COC1CC(Nc2cnn(CC(N)=O)c2)C1. The van der Waals surface area contributed by atoms with Gasteiger partial charge in [-0.1, -0.05) is 0 Å². The van der Waals surface area contributed by atoms with Crippen LogP contribution in [-0.4, -0.2) is 34.9 Å². The lowest BCUT2D eigenvalue weighted by atomic mass is 9.89. The third-order valence-electron chi connectivity index (χ3n) is 2.75. The van der Waals surface area contributed by atoms with Crippen LogP contribution in [0.2, 0.25) is 0 Å². The standard InChI is InChI=1S/C10H16N4O2/c1-16-9-2-7(3-9)13-8-4-12-14(5-8)6-10(11)15/h4-5,7,9,13H,2-3,6H2,1H3,(H2,11,15). The van der Waals surface area contributed by atoms with Crippen molar-refractivity contribution in [1.82, 2.24) is 9.78 Å². The first-order chi connectivity index (χ1) is 7.67. The summed E-state index contributed by atoms with van der Waals surface area (Å²) >= 11 is 0. The first-order valence-corrected chi connectivity index (χ1v) is 5.27. The molecule has 2 rings (SSSR count). The molecule has 0 bridgehead atoms. The number of rotatable bonds is 5. The second-order valence-electron chi connectivity index (χ2n) is 4.06. The minimum atomic E-state index is -0.391. The number of nitrogens with two attached hydrogens (primary N) is 1. The van der Waals surface area contributed by atoms with Gasteiger partial charge in [-0.2, -0.15) is 5.10 Å². The number of nitrogens with one attached hydrogen (secondary N) is 1. The average Bonchev–Trinajstić information content (AvgIpc) is 2.57. The molecule has 1 aliphatic rings. The lowest BCUT2D eigenvalue weighted by Crippen LogP contribution is -2.40. The van der Waals surface area contributed by atoms with E-state index in [9.17, 15) is 4.79 Å². The number of ether oxygens (including phenoxy) is 1. The third-order valence-corrected chi connectivity index (χ3v) is 2.75. The van der Waals surface area contributed by atoms with Crippen molar-refractivity contribution in [1.29, 1.82) is 0 Å². The molecule has 1 saturated carbocycles. The molecule has 3 N–H and O–H groups in total. The first-order valence-electron chi connectivity index (χ1n) is 5.27. The second-order valence-corrected chi connectivity index (χ2v) is 4.06. The molecule has 0 unspecified atom stereocenters. The highest BCUT2D eigenvalue weighted by Crippen LogP contribution is 2.25. The van der Waals surface area contributed by atoms with Gasteiger partial charge in [-0.15, -0.1) is 0 Å². The van der Waals surface area contributed by atoms with E-state index in [1.54, 1.807) is 19.5 Å². The third kappa shape index (κ3) is 2.52. The van der Waals surface area contributed by atoms with Crippen molar-refractivity contribution < 1.29 is 9.53 Å². The number of carbonyl (C=O) groups excluding carboxylic acids is 1. The van der Waals surface area contributed by atoms with Crippen molar-refractivity contribution in [2.45, 2.75) is 31.5 Å². The summed E-state index contributed by atoms with van der Waals surface area (Å²) < 4.78 is 6.71. The van der Waals surface area contributed by atoms with Crippen LogP contribution >= 0.6 is 0 Å². The Morgan fingerprint density at radius 1 is 1.75 bits per heavy atom. The number of nitrogens with zero attached hydrogens (tertiary/aromatic N) is 2. The molecule has 1 heterocycles. The molecule has 1 aromatic rings. The van der Waals surface area contributed by atoms with E-state index >= 15 is 0 Å². The molecule has 88 valence electrons. The van der Waals surface area contributed by atoms with Gasteiger partial charge >= 0.3 is 0 Å². The molecule has 16 heavy (non-hydrogen) atoms. The van der Waals surface area contributed by atoms with Crippen molar-refractivity contribution >= 4 is 11.6 Å². The molecular formula is C10H16N4O2. The van der Waals surface area contributed by atoms with Crippen LogP contribution in [0.1, 0.15) is 12.8 Å². The number of amides is 1. The molecule has 0 aromatic carbocycles. The number of methoxy groups -OCH3 is 1. The van der Waals surface area contributed by atoms with Gasteiger partial charge in [0.2, 0.25) is 5.91 Å². The molecule has 1 aromatic heterocycles. The zero-order valence-electron chi connectivity index (χ0n) is 9.22. The maximum absolute atomic E-state index is 10.7. The van der Waals surface area contributed by atoms with Gasteiger partial charge in [0.05, 0.1) is 18.0 Å². The summed E-state index contributed by atoms with van der Waals surface area (Å²) in [5.74, 6) is -0.391. The minimum Gasteiger partial charge on any atom is -0.381 e. The molecule has 6 heteroatoms. The van der Waals surface area contributed by atoms with Crippen LogP contribution in [0.4, 0.5) is 5.69 Å². The van der Waals surface area contributed by atoms with Gasteiger partial charge < -0.3 is 15.8 Å². The lowest BCUT2D eigenvalue weighted by molar-refractivity contribution is -0.118. The molecule has 0 aliphatic heterocycles. The summed E-state index contributed by atoms with van der Waals surface area (Å²) in [6.45, 7) is 0.118. The van der Waals surface area contributed by atoms with Gasteiger partial charge in [0, 0.05) is 19.3 Å². The molecule has 0 spiro atoms.